The van der Waals surface area contributed by atoms with Crippen molar-refractivity contribution in [2.75, 3.05) is 39.2 Å². The summed E-state index contributed by atoms with van der Waals surface area (Å²) in [6, 6.07) is 5.83. The van der Waals surface area contributed by atoms with E-state index in [1.54, 1.807) is 32.4 Å². The normalized spacial score (nSPS) is 17.4. The molecule has 0 spiro atoms. The Bertz CT molecular complexity index is 573. The Morgan fingerprint density at radius 2 is 1.85 bits per heavy atom. The molecule has 2 N–H and O–H groups in total. The van der Waals surface area contributed by atoms with Crippen LogP contribution in [-0.2, 0) is 4.79 Å². The molecule has 2 atom stereocenters. The van der Waals surface area contributed by atoms with Crippen LogP contribution in [0, 0.1) is 0 Å². The van der Waals surface area contributed by atoms with E-state index in [4.69, 9.17) is 9.47 Å². The number of piperidine rings is 1. The van der Waals surface area contributed by atoms with Gasteiger partial charge in [-0.1, -0.05) is 6.42 Å². The van der Waals surface area contributed by atoms with Crippen LogP contribution in [0.3, 0.4) is 0 Å². The van der Waals surface area contributed by atoms with Crippen LogP contribution < -0.4 is 20.1 Å². The molecule has 26 heavy (non-hydrogen) atoms. The number of benzene rings is 1. The van der Waals surface area contributed by atoms with E-state index in [2.05, 4.69) is 29.4 Å². The molecule has 1 aliphatic heterocycles. The van der Waals surface area contributed by atoms with Crippen molar-refractivity contribution in [3.05, 3.63) is 18.2 Å². The highest BCUT2D eigenvalue weighted by atomic mass is 16.5. The molecule has 0 radical (unpaired) electrons. The zero-order chi connectivity index (χ0) is 18.9. The van der Waals surface area contributed by atoms with E-state index in [-0.39, 0.29) is 11.9 Å². The molecule has 1 aromatic carbocycles. The number of carbonyl (C=O) groups is 1. The highest BCUT2D eigenvalue weighted by Gasteiger charge is 2.17. The van der Waals surface area contributed by atoms with Crippen molar-refractivity contribution in [1.82, 2.24) is 10.2 Å². The molecule has 6 heteroatoms. The first-order valence-corrected chi connectivity index (χ1v) is 9.52. The van der Waals surface area contributed by atoms with Crippen molar-refractivity contribution in [2.24, 2.45) is 0 Å². The summed E-state index contributed by atoms with van der Waals surface area (Å²) in [6.45, 7) is 7.66. The summed E-state index contributed by atoms with van der Waals surface area (Å²) in [6.07, 6.45) is 4.35. The van der Waals surface area contributed by atoms with Crippen molar-refractivity contribution >= 4 is 11.6 Å². The van der Waals surface area contributed by atoms with E-state index in [9.17, 15) is 4.79 Å². The summed E-state index contributed by atoms with van der Waals surface area (Å²) in [5, 5.41) is 6.46. The van der Waals surface area contributed by atoms with Crippen LogP contribution in [0.4, 0.5) is 5.69 Å². The fourth-order valence-electron chi connectivity index (χ4n) is 3.52. The largest absolute Gasteiger partial charge is 0.497 e. The smallest absolute Gasteiger partial charge is 0.226 e. The maximum atomic E-state index is 12.4. The third kappa shape index (κ3) is 6.50. The lowest BCUT2D eigenvalue weighted by Crippen LogP contribution is -2.45. The Labute approximate surface area is 157 Å². The molecule has 146 valence electrons. The van der Waals surface area contributed by atoms with Gasteiger partial charge in [-0.2, -0.15) is 0 Å². The standard InChI is InChI=1S/C20H33N3O3/c1-15(21-16(2)14-23-10-6-5-7-11-23)12-20(24)22-18-13-17(25-3)8-9-19(18)26-4/h8-9,13,15-16,21H,5-7,10-12,14H2,1-4H3,(H,22,24). The molecule has 2 unspecified atom stereocenters. The minimum atomic E-state index is -0.0401. The predicted molar refractivity (Wildman–Crippen MR) is 105 cm³/mol. The number of nitrogens with zero attached hydrogens (tertiary/aromatic N) is 1. The number of ether oxygens (including phenoxy) is 2. The zero-order valence-corrected chi connectivity index (χ0v) is 16.5. The van der Waals surface area contributed by atoms with E-state index < -0.39 is 0 Å². The molecule has 1 saturated heterocycles. The van der Waals surface area contributed by atoms with Crippen molar-refractivity contribution in [3.8, 4) is 11.5 Å². The van der Waals surface area contributed by atoms with Crippen LogP contribution in [0.1, 0.15) is 39.5 Å². The molecular weight excluding hydrogens is 330 g/mol. The van der Waals surface area contributed by atoms with Gasteiger partial charge in [0.1, 0.15) is 11.5 Å². The number of rotatable bonds is 9. The lowest BCUT2D eigenvalue weighted by atomic mass is 10.1. The SMILES string of the molecule is COc1ccc(OC)c(NC(=O)CC(C)NC(C)CN2CCCCC2)c1. The van der Waals surface area contributed by atoms with E-state index in [0.717, 1.165) is 6.54 Å². The Balaban J connectivity index is 1.81. The predicted octanol–water partition coefficient (Wildman–Crippen LogP) is 2.88. The first-order valence-electron chi connectivity index (χ1n) is 9.52. The summed E-state index contributed by atoms with van der Waals surface area (Å²) in [5.41, 5.74) is 0.630. The molecule has 6 nitrogen and oxygen atoms in total. The van der Waals surface area contributed by atoms with Crippen LogP contribution in [0.15, 0.2) is 18.2 Å². The monoisotopic (exact) mass is 363 g/mol. The van der Waals surface area contributed by atoms with Gasteiger partial charge in [-0.3, -0.25) is 4.79 Å². The molecule has 1 aromatic rings. The van der Waals surface area contributed by atoms with Crippen LogP contribution in [-0.4, -0.2) is 56.7 Å². The van der Waals surface area contributed by atoms with Gasteiger partial charge in [0.05, 0.1) is 19.9 Å². The van der Waals surface area contributed by atoms with E-state index in [0.29, 0.717) is 29.6 Å². The fourth-order valence-corrected chi connectivity index (χ4v) is 3.52. The summed E-state index contributed by atoms with van der Waals surface area (Å²) < 4.78 is 10.5. The maximum Gasteiger partial charge on any atom is 0.226 e. The molecule has 1 fully saturated rings. The van der Waals surface area contributed by atoms with Gasteiger partial charge in [0.25, 0.3) is 0 Å². The maximum absolute atomic E-state index is 12.4. The molecular formula is C20H33N3O3. The quantitative estimate of drug-likeness (QED) is 0.706. The van der Waals surface area contributed by atoms with Crippen LogP contribution in [0.5, 0.6) is 11.5 Å². The third-order valence-electron chi connectivity index (χ3n) is 4.72. The average molecular weight is 364 g/mol. The minimum absolute atomic E-state index is 0.0401. The fraction of sp³-hybridized carbons (Fsp3) is 0.650. The van der Waals surface area contributed by atoms with Gasteiger partial charge >= 0.3 is 0 Å². The van der Waals surface area contributed by atoms with E-state index in [1.165, 1.54) is 32.4 Å². The number of amides is 1. The highest BCUT2D eigenvalue weighted by Crippen LogP contribution is 2.29. The zero-order valence-electron chi connectivity index (χ0n) is 16.5. The summed E-state index contributed by atoms with van der Waals surface area (Å²) in [7, 11) is 3.19. The van der Waals surface area contributed by atoms with Crippen molar-refractivity contribution in [2.45, 2.75) is 51.6 Å². The van der Waals surface area contributed by atoms with Crippen molar-refractivity contribution < 1.29 is 14.3 Å². The Hall–Kier alpha value is -1.79. The molecule has 0 aromatic heterocycles. The lowest BCUT2D eigenvalue weighted by molar-refractivity contribution is -0.116. The number of hydrogen-bond donors (Lipinski definition) is 2. The second-order valence-electron chi connectivity index (χ2n) is 7.15. The Morgan fingerprint density at radius 3 is 2.50 bits per heavy atom. The summed E-state index contributed by atoms with van der Waals surface area (Å²) in [4.78, 5) is 14.9. The van der Waals surface area contributed by atoms with Gasteiger partial charge < -0.3 is 25.0 Å². The topological polar surface area (TPSA) is 62.8 Å². The molecule has 1 amide bonds. The first-order chi connectivity index (χ1) is 12.5. The third-order valence-corrected chi connectivity index (χ3v) is 4.72. The molecule has 2 rings (SSSR count). The first kappa shape index (κ1) is 20.5. The van der Waals surface area contributed by atoms with Gasteiger partial charge in [-0.05, 0) is 51.9 Å². The van der Waals surface area contributed by atoms with Gasteiger partial charge in [0, 0.05) is 31.1 Å². The molecule has 0 saturated carbocycles. The molecule has 1 heterocycles. The van der Waals surface area contributed by atoms with Crippen molar-refractivity contribution in [3.63, 3.8) is 0 Å². The Morgan fingerprint density at radius 1 is 1.12 bits per heavy atom. The van der Waals surface area contributed by atoms with Gasteiger partial charge in [-0.25, -0.2) is 0 Å². The number of likely N-dealkylation sites (tertiary alicyclic amines) is 1. The van der Waals surface area contributed by atoms with Gasteiger partial charge in [0.2, 0.25) is 5.91 Å². The van der Waals surface area contributed by atoms with Crippen LogP contribution >= 0.6 is 0 Å². The van der Waals surface area contributed by atoms with Crippen molar-refractivity contribution in [1.29, 1.82) is 0 Å². The highest BCUT2D eigenvalue weighted by molar-refractivity contribution is 5.92. The van der Waals surface area contributed by atoms with Gasteiger partial charge in [0.15, 0.2) is 0 Å². The number of nitrogens with one attached hydrogen (secondary N) is 2. The van der Waals surface area contributed by atoms with Gasteiger partial charge in [-0.15, -0.1) is 0 Å². The van der Waals surface area contributed by atoms with E-state index >= 15 is 0 Å². The van der Waals surface area contributed by atoms with Crippen LogP contribution in [0.2, 0.25) is 0 Å². The number of methoxy groups -OCH3 is 2. The lowest BCUT2D eigenvalue weighted by Gasteiger charge is -2.30. The number of anilines is 1. The molecule has 0 bridgehead atoms. The minimum Gasteiger partial charge on any atom is -0.497 e. The summed E-state index contributed by atoms with van der Waals surface area (Å²) >= 11 is 0. The second kappa shape index (κ2) is 10.4. The molecule has 0 aliphatic carbocycles. The number of hydrogen-bond acceptors (Lipinski definition) is 5. The average Bonchev–Trinajstić information content (AvgIpc) is 2.62. The molecule has 1 aliphatic rings. The second-order valence-corrected chi connectivity index (χ2v) is 7.15. The van der Waals surface area contributed by atoms with E-state index in [1.807, 2.05) is 0 Å². The summed E-state index contributed by atoms with van der Waals surface area (Å²) in [5.74, 6) is 1.27. The van der Waals surface area contributed by atoms with Crippen LogP contribution in [0.25, 0.3) is 0 Å². The number of carbonyl (C=O) groups excluding carboxylic acids is 1. The Kier molecular flexibility index (Phi) is 8.19.